The Morgan fingerprint density at radius 3 is 2.90 bits per heavy atom. The Morgan fingerprint density at radius 2 is 2.40 bits per heavy atom. The van der Waals surface area contributed by atoms with Gasteiger partial charge in [-0.25, -0.2) is 4.39 Å². The van der Waals surface area contributed by atoms with Gasteiger partial charge < -0.3 is 0 Å². The van der Waals surface area contributed by atoms with Gasteiger partial charge in [0.05, 0.1) is 5.69 Å². The largest absolute Gasteiger partial charge is 0.258 e. The summed E-state index contributed by atoms with van der Waals surface area (Å²) in [7, 11) is 0. The van der Waals surface area contributed by atoms with E-state index in [4.69, 9.17) is 0 Å². The minimum Gasteiger partial charge on any atom is -0.258 e. The van der Waals surface area contributed by atoms with E-state index < -0.39 is 6.17 Å². The second-order valence-electron chi connectivity index (χ2n) is 1.88. The molecule has 1 aromatic heterocycles. The standard InChI is InChI=1S/C7H7BrFN/c8-5-6(9)7-3-1-2-4-10-7/h1-4,6H,5H2. The smallest absolute Gasteiger partial charge is 0.151 e. The van der Waals surface area contributed by atoms with Crippen LogP contribution in [0.3, 0.4) is 0 Å². The minimum absolute atomic E-state index is 0.310. The third kappa shape index (κ3) is 1.77. The number of halogens is 2. The van der Waals surface area contributed by atoms with Crippen LogP contribution in [0.2, 0.25) is 0 Å². The highest BCUT2D eigenvalue weighted by molar-refractivity contribution is 9.09. The van der Waals surface area contributed by atoms with Crippen molar-refractivity contribution >= 4 is 15.9 Å². The first kappa shape index (κ1) is 7.66. The van der Waals surface area contributed by atoms with Crippen molar-refractivity contribution in [2.75, 3.05) is 5.33 Å². The molecule has 0 fully saturated rings. The topological polar surface area (TPSA) is 12.9 Å². The molecule has 1 nitrogen and oxygen atoms in total. The van der Waals surface area contributed by atoms with E-state index in [9.17, 15) is 4.39 Å². The van der Waals surface area contributed by atoms with Crippen molar-refractivity contribution < 1.29 is 4.39 Å². The molecule has 1 atom stereocenters. The molecule has 1 aromatic rings. The van der Waals surface area contributed by atoms with E-state index in [-0.39, 0.29) is 0 Å². The molecule has 0 aliphatic heterocycles. The predicted molar refractivity (Wildman–Crippen MR) is 41.9 cm³/mol. The third-order valence-corrected chi connectivity index (χ3v) is 1.71. The first-order valence-corrected chi connectivity index (χ1v) is 4.07. The summed E-state index contributed by atoms with van der Waals surface area (Å²) in [5.74, 6) is 0. The lowest BCUT2D eigenvalue weighted by atomic mass is 10.3. The number of hydrogen-bond acceptors (Lipinski definition) is 1. The van der Waals surface area contributed by atoms with E-state index in [1.54, 1.807) is 24.4 Å². The van der Waals surface area contributed by atoms with Gasteiger partial charge in [0, 0.05) is 11.5 Å². The molecular weight excluding hydrogens is 197 g/mol. The summed E-state index contributed by atoms with van der Waals surface area (Å²) in [6.07, 6.45) is 0.603. The van der Waals surface area contributed by atoms with Gasteiger partial charge >= 0.3 is 0 Å². The maximum atomic E-state index is 12.8. The Kier molecular flexibility index (Phi) is 2.81. The van der Waals surface area contributed by atoms with Gasteiger partial charge in [-0.3, -0.25) is 4.98 Å². The second-order valence-corrected chi connectivity index (χ2v) is 2.52. The van der Waals surface area contributed by atoms with Crippen LogP contribution in [0.1, 0.15) is 11.9 Å². The molecule has 54 valence electrons. The van der Waals surface area contributed by atoms with Crippen molar-refractivity contribution in [3.8, 4) is 0 Å². The van der Waals surface area contributed by atoms with Crippen LogP contribution in [0.5, 0.6) is 0 Å². The number of alkyl halides is 2. The summed E-state index contributed by atoms with van der Waals surface area (Å²) >= 11 is 3.04. The fourth-order valence-electron chi connectivity index (χ4n) is 0.640. The van der Waals surface area contributed by atoms with Crippen molar-refractivity contribution in [3.05, 3.63) is 30.1 Å². The fraction of sp³-hybridized carbons (Fsp3) is 0.286. The average Bonchev–Trinajstić information content (AvgIpc) is 2.05. The zero-order valence-electron chi connectivity index (χ0n) is 5.30. The fourth-order valence-corrected chi connectivity index (χ4v) is 0.972. The van der Waals surface area contributed by atoms with E-state index in [2.05, 4.69) is 20.9 Å². The van der Waals surface area contributed by atoms with Crippen molar-refractivity contribution in [3.63, 3.8) is 0 Å². The Labute approximate surface area is 67.4 Å². The summed E-state index contributed by atoms with van der Waals surface area (Å²) in [6.45, 7) is 0. The van der Waals surface area contributed by atoms with Gasteiger partial charge in [0.15, 0.2) is 6.17 Å². The summed E-state index contributed by atoms with van der Waals surface area (Å²) in [6, 6.07) is 5.22. The van der Waals surface area contributed by atoms with Gasteiger partial charge in [0.1, 0.15) is 0 Å². The number of hydrogen-bond donors (Lipinski definition) is 0. The molecule has 0 amide bonds. The molecule has 1 heterocycles. The SMILES string of the molecule is FC(CBr)c1ccccn1. The molecule has 3 heteroatoms. The first-order chi connectivity index (χ1) is 4.84. The summed E-state index contributed by atoms with van der Waals surface area (Å²) in [4.78, 5) is 3.84. The van der Waals surface area contributed by atoms with Crippen LogP contribution in [0.15, 0.2) is 24.4 Å². The normalized spacial score (nSPS) is 13.0. The Morgan fingerprint density at radius 1 is 1.60 bits per heavy atom. The Bertz CT molecular complexity index is 190. The van der Waals surface area contributed by atoms with E-state index in [1.165, 1.54) is 0 Å². The van der Waals surface area contributed by atoms with Gasteiger partial charge in [0.25, 0.3) is 0 Å². The third-order valence-electron chi connectivity index (χ3n) is 1.14. The molecule has 0 N–H and O–H groups in total. The van der Waals surface area contributed by atoms with Crippen LogP contribution in [-0.4, -0.2) is 10.3 Å². The lowest BCUT2D eigenvalue weighted by Gasteiger charge is -2.00. The molecule has 0 aliphatic rings. The van der Waals surface area contributed by atoms with Crippen molar-refractivity contribution in [1.29, 1.82) is 0 Å². The molecule has 1 rings (SSSR count). The van der Waals surface area contributed by atoms with E-state index in [1.807, 2.05) is 0 Å². The maximum Gasteiger partial charge on any atom is 0.151 e. The van der Waals surface area contributed by atoms with E-state index >= 15 is 0 Å². The van der Waals surface area contributed by atoms with Gasteiger partial charge in [-0.15, -0.1) is 0 Å². The Hall–Kier alpha value is -0.440. The number of pyridine rings is 1. The van der Waals surface area contributed by atoms with Gasteiger partial charge in [0.2, 0.25) is 0 Å². The van der Waals surface area contributed by atoms with Crippen LogP contribution >= 0.6 is 15.9 Å². The molecule has 0 aliphatic carbocycles. The van der Waals surface area contributed by atoms with Gasteiger partial charge in [-0.05, 0) is 12.1 Å². The zero-order valence-corrected chi connectivity index (χ0v) is 6.88. The molecule has 0 saturated carbocycles. The minimum atomic E-state index is -0.985. The lowest BCUT2D eigenvalue weighted by molar-refractivity contribution is 0.374. The molecular formula is C7H7BrFN. The van der Waals surface area contributed by atoms with Gasteiger partial charge in [-0.1, -0.05) is 22.0 Å². The molecule has 10 heavy (non-hydrogen) atoms. The predicted octanol–water partition coefficient (Wildman–Crippen LogP) is 2.49. The van der Waals surface area contributed by atoms with Crippen molar-refractivity contribution in [1.82, 2.24) is 4.98 Å². The van der Waals surface area contributed by atoms with Crippen molar-refractivity contribution in [2.24, 2.45) is 0 Å². The quantitative estimate of drug-likeness (QED) is 0.674. The number of aromatic nitrogens is 1. The lowest BCUT2D eigenvalue weighted by Crippen LogP contribution is -1.94. The van der Waals surface area contributed by atoms with Crippen molar-refractivity contribution in [2.45, 2.75) is 6.17 Å². The Balaban J connectivity index is 2.75. The van der Waals surface area contributed by atoms with Crippen LogP contribution in [0, 0.1) is 0 Å². The van der Waals surface area contributed by atoms with Crippen LogP contribution in [0.4, 0.5) is 4.39 Å². The monoisotopic (exact) mass is 203 g/mol. The molecule has 0 aromatic carbocycles. The second kappa shape index (κ2) is 3.66. The summed E-state index contributed by atoms with van der Waals surface area (Å²) in [5.41, 5.74) is 0.486. The van der Waals surface area contributed by atoms with Crippen LogP contribution in [0.25, 0.3) is 0 Å². The average molecular weight is 204 g/mol. The number of nitrogens with zero attached hydrogens (tertiary/aromatic N) is 1. The number of rotatable bonds is 2. The first-order valence-electron chi connectivity index (χ1n) is 2.95. The highest BCUT2D eigenvalue weighted by Crippen LogP contribution is 2.15. The molecule has 1 unspecified atom stereocenters. The van der Waals surface area contributed by atoms with Crippen LogP contribution < -0.4 is 0 Å². The molecule has 0 saturated heterocycles. The zero-order chi connectivity index (χ0) is 7.40. The van der Waals surface area contributed by atoms with Crippen LogP contribution in [-0.2, 0) is 0 Å². The summed E-state index contributed by atoms with van der Waals surface area (Å²) in [5, 5.41) is 0.310. The van der Waals surface area contributed by atoms with E-state index in [0.29, 0.717) is 11.0 Å². The van der Waals surface area contributed by atoms with Gasteiger partial charge in [-0.2, -0.15) is 0 Å². The highest BCUT2D eigenvalue weighted by atomic mass is 79.9. The maximum absolute atomic E-state index is 12.8. The van der Waals surface area contributed by atoms with E-state index in [0.717, 1.165) is 0 Å². The molecule has 0 bridgehead atoms. The molecule has 0 spiro atoms. The highest BCUT2D eigenvalue weighted by Gasteiger charge is 2.06. The molecule has 0 radical (unpaired) electrons. The summed E-state index contributed by atoms with van der Waals surface area (Å²) < 4.78 is 12.8.